The van der Waals surface area contributed by atoms with Crippen molar-refractivity contribution in [3.8, 4) is 0 Å². The molecule has 1 aliphatic carbocycles. The highest BCUT2D eigenvalue weighted by atomic mass is 127. The highest BCUT2D eigenvalue weighted by Crippen LogP contribution is 2.48. The molecule has 1 aliphatic heterocycles. The molecule has 0 spiro atoms. The maximum absolute atomic E-state index is 6.07. The topological polar surface area (TPSA) is 33.6 Å². The fourth-order valence-corrected chi connectivity index (χ4v) is 9.07. The van der Waals surface area contributed by atoms with Gasteiger partial charge in [0.15, 0.2) is 23.0 Å². The zero-order valence-corrected chi connectivity index (χ0v) is 34.5. The first-order chi connectivity index (χ1) is 23.0. The lowest BCUT2D eigenvalue weighted by Crippen LogP contribution is -2.47. The minimum Gasteiger partial charge on any atom is -0.432 e. The van der Waals surface area contributed by atoms with Crippen molar-refractivity contribution in [2.45, 2.75) is 121 Å². The highest BCUT2D eigenvalue weighted by Gasteiger charge is 2.43. The molecular formula is C45H59IN2O. The Bertz CT molecular complexity index is 1780. The van der Waals surface area contributed by atoms with Crippen molar-refractivity contribution in [1.29, 1.82) is 0 Å². The summed E-state index contributed by atoms with van der Waals surface area (Å²) in [6.45, 7) is 30.0. The molecular weight excluding hydrogens is 711 g/mol. The van der Waals surface area contributed by atoms with Gasteiger partial charge in [0.2, 0.25) is 0 Å². The zero-order chi connectivity index (χ0) is 35.9. The molecule has 0 bridgehead atoms. The summed E-state index contributed by atoms with van der Waals surface area (Å²) in [7, 11) is 0. The third-order valence-electron chi connectivity index (χ3n) is 11.1. The first-order valence-corrected chi connectivity index (χ1v) is 19.3. The van der Waals surface area contributed by atoms with Crippen LogP contribution in [0.3, 0.4) is 0 Å². The second kappa shape index (κ2) is 14.8. The summed E-state index contributed by atoms with van der Waals surface area (Å²) < 4.78 is 6.07. The van der Waals surface area contributed by atoms with Gasteiger partial charge in [0.05, 0.1) is 17.1 Å². The Balaban J connectivity index is 1.87. The lowest BCUT2D eigenvalue weighted by atomic mass is 9.66. The number of aryl methyl sites for hydroxylation is 6. The van der Waals surface area contributed by atoms with Crippen LogP contribution in [0.15, 0.2) is 64.9 Å². The van der Waals surface area contributed by atoms with Crippen LogP contribution < -0.4 is 5.32 Å². The molecule has 3 aromatic carbocycles. The molecule has 1 saturated carbocycles. The SMILES string of the molecule is Cc1cc(C)cc(C2=C(NC3C/C(=C(\CC(C)C)OI)C3CC(C)C)c3cc(C)cc(C)c3C(C)(C)C(C)C(c3c(C)cccc3C)=N2)c1. The molecule has 3 aromatic rings. The van der Waals surface area contributed by atoms with Crippen molar-refractivity contribution in [2.24, 2.45) is 28.7 Å². The van der Waals surface area contributed by atoms with Gasteiger partial charge in [-0.15, -0.1) is 0 Å². The van der Waals surface area contributed by atoms with Gasteiger partial charge in [-0.05, 0) is 118 Å². The van der Waals surface area contributed by atoms with E-state index in [0.29, 0.717) is 17.8 Å². The van der Waals surface area contributed by atoms with Crippen LogP contribution in [0.5, 0.6) is 0 Å². The van der Waals surface area contributed by atoms with Crippen LogP contribution >= 0.6 is 23.0 Å². The average molecular weight is 771 g/mol. The quantitative estimate of drug-likeness (QED) is 0.174. The number of nitrogens with one attached hydrogen (secondary N) is 1. The van der Waals surface area contributed by atoms with E-state index in [-0.39, 0.29) is 17.4 Å². The number of fused-ring (bicyclic) bond motifs is 1. The molecule has 49 heavy (non-hydrogen) atoms. The summed E-state index contributed by atoms with van der Waals surface area (Å²) in [5, 5.41) is 4.27. The summed E-state index contributed by atoms with van der Waals surface area (Å²) in [5.74, 6) is 2.88. The summed E-state index contributed by atoms with van der Waals surface area (Å²) in [5.41, 5.74) is 17.5. The Morgan fingerprint density at radius 1 is 0.878 bits per heavy atom. The zero-order valence-electron chi connectivity index (χ0n) is 32.4. The number of halogens is 1. The number of rotatable bonds is 9. The third kappa shape index (κ3) is 7.60. The second-order valence-corrected chi connectivity index (χ2v) is 17.1. The molecule has 0 radical (unpaired) electrons. The van der Waals surface area contributed by atoms with E-state index in [9.17, 15) is 0 Å². The number of benzene rings is 3. The summed E-state index contributed by atoms with van der Waals surface area (Å²) in [4.78, 5) is 5.90. The van der Waals surface area contributed by atoms with E-state index in [2.05, 4.69) is 167 Å². The second-order valence-electron chi connectivity index (χ2n) is 16.6. The fourth-order valence-electron chi connectivity index (χ4n) is 8.60. The molecule has 0 saturated heterocycles. The number of aliphatic imine (C=N–C) groups is 1. The van der Waals surface area contributed by atoms with E-state index in [0.717, 1.165) is 30.7 Å². The molecule has 3 atom stereocenters. The van der Waals surface area contributed by atoms with Crippen molar-refractivity contribution in [2.75, 3.05) is 0 Å². The number of allylic oxidation sites excluding steroid dienone is 1. The first kappa shape index (κ1) is 37.4. The summed E-state index contributed by atoms with van der Waals surface area (Å²) in [6.07, 6.45) is 3.09. The van der Waals surface area contributed by atoms with E-state index >= 15 is 0 Å². The van der Waals surface area contributed by atoms with Crippen molar-refractivity contribution in [1.82, 2.24) is 5.32 Å². The summed E-state index contributed by atoms with van der Waals surface area (Å²) in [6, 6.07) is 18.7. The van der Waals surface area contributed by atoms with Crippen molar-refractivity contribution in [3.05, 3.63) is 115 Å². The van der Waals surface area contributed by atoms with Gasteiger partial charge >= 0.3 is 0 Å². The minimum absolute atomic E-state index is 0.168. The van der Waals surface area contributed by atoms with E-state index in [4.69, 9.17) is 8.06 Å². The Labute approximate surface area is 311 Å². The van der Waals surface area contributed by atoms with Crippen molar-refractivity contribution >= 4 is 40.1 Å². The van der Waals surface area contributed by atoms with Gasteiger partial charge in [0, 0.05) is 41.0 Å². The van der Waals surface area contributed by atoms with Gasteiger partial charge < -0.3 is 8.38 Å². The molecule has 0 amide bonds. The lowest BCUT2D eigenvalue weighted by Gasteiger charge is -2.45. The number of hydrogen-bond acceptors (Lipinski definition) is 3. The van der Waals surface area contributed by atoms with Crippen LogP contribution in [0.25, 0.3) is 11.4 Å². The number of hydrogen-bond donors (Lipinski definition) is 1. The molecule has 3 unspecified atom stereocenters. The van der Waals surface area contributed by atoms with Crippen LogP contribution in [0.2, 0.25) is 0 Å². The average Bonchev–Trinajstić information content (AvgIpc) is 2.98. The maximum Gasteiger partial charge on any atom is 0.192 e. The van der Waals surface area contributed by atoms with Gasteiger partial charge in [-0.2, -0.15) is 0 Å². The predicted octanol–water partition coefficient (Wildman–Crippen LogP) is 12.5. The van der Waals surface area contributed by atoms with E-state index in [1.54, 1.807) is 0 Å². The molecule has 2 aliphatic rings. The summed E-state index contributed by atoms with van der Waals surface area (Å²) >= 11 is 2.11. The van der Waals surface area contributed by atoms with E-state index in [1.807, 2.05) is 0 Å². The van der Waals surface area contributed by atoms with Gasteiger partial charge in [0.25, 0.3) is 0 Å². The molecule has 1 fully saturated rings. The third-order valence-corrected chi connectivity index (χ3v) is 11.6. The Hall–Kier alpha value is -2.86. The predicted molar refractivity (Wildman–Crippen MR) is 219 cm³/mol. The molecule has 5 rings (SSSR count). The molecule has 4 heteroatoms. The molecule has 3 nitrogen and oxygen atoms in total. The smallest absolute Gasteiger partial charge is 0.192 e. The Morgan fingerprint density at radius 2 is 1.49 bits per heavy atom. The van der Waals surface area contributed by atoms with Gasteiger partial charge in [-0.3, -0.25) is 0 Å². The largest absolute Gasteiger partial charge is 0.432 e. The molecule has 0 aromatic heterocycles. The van der Waals surface area contributed by atoms with E-state index < -0.39 is 0 Å². The Morgan fingerprint density at radius 3 is 2.06 bits per heavy atom. The van der Waals surface area contributed by atoms with Crippen molar-refractivity contribution < 1.29 is 3.07 Å². The minimum atomic E-state index is -0.177. The van der Waals surface area contributed by atoms with Crippen LogP contribution in [-0.2, 0) is 8.48 Å². The van der Waals surface area contributed by atoms with Gasteiger partial charge in [0.1, 0.15) is 5.76 Å². The van der Waals surface area contributed by atoms with Crippen LogP contribution in [0.4, 0.5) is 0 Å². The molecule has 1 N–H and O–H groups in total. The molecule has 262 valence electrons. The number of nitrogens with zero attached hydrogens (tertiary/aromatic N) is 1. The van der Waals surface area contributed by atoms with Gasteiger partial charge in [-0.1, -0.05) is 95.5 Å². The monoisotopic (exact) mass is 770 g/mol. The molecule has 1 heterocycles. The normalized spacial score (nSPS) is 21.6. The Kier molecular flexibility index (Phi) is 11.3. The van der Waals surface area contributed by atoms with Crippen molar-refractivity contribution in [3.63, 3.8) is 0 Å². The standard InChI is InChI=1S/C45H59IN2O/c1-25(2)17-35-36(39(49-46)18-26(3)4)24-38(35)47-44-37-23-29(7)20-32(10)41(37)45(12,13)33(11)42(40-30(8)15-14-16-31(40)9)48-43(44)34-21-27(5)19-28(6)22-34/h14-16,19-23,25-26,33,35,38,47H,17-18,24H2,1-13H3/b39-36-,44-43?,48-42?. The fraction of sp³-hybridized carbons (Fsp3) is 0.489. The maximum atomic E-state index is 6.07. The highest BCUT2D eigenvalue weighted by molar-refractivity contribution is 14.1. The van der Waals surface area contributed by atoms with E-state index in [1.165, 1.54) is 72.7 Å². The lowest BCUT2D eigenvalue weighted by molar-refractivity contribution is 0.265. The first-order valence-electron chi connectivity index (χ1n) is 18.4. The van der Waals surface area contributed by atoms with Crippen LogP contribution in [0.1, 0.15) is 123 Å². The van der Waals surface area contributed by atoms with Crippen LogP contribution in [0, 0.1) is 65.2 Å². The van der Waals surface area contributed by atoms with Crippen LogP contribution in [-0.4, -0.2) is 11.8 Å². The van der Waals surface area contributed by atoms with Gasteiger partial charge in [-0.25, -0.2) is 4.99 Å².